The maximum Gasteiger partial charge on any atom is 0.408 e. The molecule has 3 atom stereocenters. The number of alkyl carbamates (subject to hydrolysis) is 1. The summed E-state index contributed by atoms with van der Waals surface area (Å²) in [7, 11) is -2.83. The van der Waals surface area contributed by atoms with Crippen molar-refractivity contribution in [3.05, 3.63) is 65.7 Å². The summed E-state index contributed by atoms with van der Waals surface area (Å²) in [5.74, 6) is -1.52. The van der Waals surface area contributed by atoms with E-state index in [0.29, 0.717) is 24.9 Å². The number of rotatable bonds is 11. The Morgan fingerprint density at radius 1 is 1.00 bits per heavy atom. The first kappa shape index (κ1) is 31.9. The van der Waals surface area contributed by atoms with Gasteiger partial charge in [-0.15, -0.1) is 0 Å². The van der Waals surface area contributed by atoms with Crippen LogP contribution in [0, 0.1) is 0 Å². The van der Waals surface area contributed by atoms with Crippen molar-refractivity contribution in [3.63, 3.8) is 0 Å². The standard InChI is InChI=1S/C29H39N3O8S/c1-29(2,3)40-28(36)30-24(17-21-12-14-23(33)15-13-21)26(34)32-16-8-11-22(32)19-41(37,38)31-25(27(35)39-4)18-20-9-6-5-7-10-20/h5-7,9-10,12-15,22,24-25,31,33H,8,11,16-19H2,1-4H3,(H,30,36)/t22-,24+,25+/m1/s1. The van der Waals surface area contributed by atoms with Gasteiger partial charge in [0.2, 0.25) is 15.9 Å². The molecular weight excluding hydrogens is 550 g/mol. The van der Waals surface area contributed by atoms with E-state index in [0.717, 1.165) is 5.56 Å². The van der Waals surface area contributed by atoms with Crippen LogP contribution in [0.15, 0.2) is 54.6 Å². The van der Waals surface area contributed by atoms with Crippen molar-refractivity contribution in [2.24, 2.45) is 0 Å². The number of phenolic OH excluding ortho intramolecular Hbond substituents is 1. The normalized spacial score (nSPS) is 17.0. The molecule has 1 aliphatic heterocycles. The van der Waals surface area contributed by atoms with E-state index < -0.39 is 57.5 Å². The van der Waals surface area contributed by atoms with Crippen molar-refractivity contribution in [3.8, 4) is 5.75 Å². The zero-order chi connectivity index (χ0) is 30.2. The minimum Gasteiger partial charge on any atom is -0.508 e. The fourth-order valence-electron chi connectivity index (χ4n) is 4.70. The highest BCUT2D eigenvalue weighted by Gasteiger charge is 2.38. The molecule has 0 bridgehead atoms. The fourth-order valence-corrected chi connectivity index (χ4v) is 6.26. The molecule has 1 heterocycles. The zero-order valence-corrected chi connectivity index (χ0v) is 24.6. The molecule has 0 spiro atoms. The Labute approximate surface area is 241 Å². The van der Waals surface area contributed by atoms with Gasteiger partial charge in [0.15, 0.2) is 0 Å². The molecule has 2 aromatic rings. The predicted molar refractivity (Wildman–Crippen MR) is 153 cm³/mol. The lowest BCUT2D eigenvalue weighted by atomic mass is 10.0. The van der Waals surface area contributed by atoms with Crippen LogP contribution >= 0.6 is 0 Å². The van der Waals surface area contributed by atoms with E-state index in [1.165, 1.54) is 24.1 Å². The monoisotopic (exact) mass is 589 g/mol. The Hall–Kier alpha value is -3.64. The molecule has 0 unspecified atom stereocenters. The Balaban J connectivity index is 1.76. The number of esters is 1. The summed E-state index contributed by atoms with van der Waals surface area (Å²) in [5.41, 5.74) is 0.653. The molecule has 1 aliphatic rings. The molecule has 41 heavy (non-hydrogen) atoms. The molecular formula is C29H39N3O8S. The summed E-state index contributed by atoms with van der Waals surface area (Å²) in [6.45, 7) is 5.43. The number of hydrogen-bond donors (Lipinski definition) is 3. The summed E-state index contributed by atoms with van der Waals surface area (Å²) >= 11 is 0. The van der Waals surface area contributed by atoms with Crippen molar-refractivity contribution < 1.29 is 37.4 Å². The van der Waals surface area contributed by atoms with E-state index >= 15 is 0 Å². The fraction of sp³-hybridized carbons (Fsp3) is 0.483. The third-order valence-electron chi connectivity index (χ3n) is 6.53. The molecule has 1 saturated heterocycles. The number of ether oxygens (including phenoxy) is 2. The molecule has 0 saturated carbocycles. The largest absolute Gasteiger partial charge is 0.508 e. The summed E-state index contributed by atoms with van der Waals surface area (Å²) in [5, 5.41) is 12.3. The third kappa shape index (κ3) is 10.0. The summed E-state index contributed by atoms with van der Waals surface area (Å²) in [6, 6.07) is 12.4. The number of methoxy groups -OCH3 is 1. The maximum atomic E-state index is 13.7. The minimum atomic E-state index is -4.03. The lowest BCUT2D eigenvalue weighted by Gasteiger charge is -2.30. The van der Waals surface area contributed by atoms with E-state index in [4.69, 9.17) is 9.47 Å². The molecule has 0 aliphatic carbocycles. The number of sulfonamides is 1. The van der Waals surface area contributed by atoms with Gasteiger partial charge in [-0.25, -0.2) is 17.9 Å². The SMILES string of the molecule is COC(=O)[C@H](Cc1ccccc1)NS(=O)(=O)C[C@H]1CCCN1C(=O)[C@H](Cc1ccc(O)cc1)NC(=O)OC(C)(C)C. The van der Waals surface area contributed by atoms with Crippen LogP contribution in [0.3, 0.4) is 0 Å². The van der Waals surface area contributed by atoms with E-state index in [1.54, 1.807) is 57.2 Å². The molecule has 0 aromatic heterocycles. The second-order valence-corrected chi connectivity index (χ2v) is 12.9. The van der Waals surface area contributed by atoms with Crippen LogP contribution in [0.5, 0.6) is 5.75 Å². The van der Waals surface area contributed by atoms with Gasteiger partial charge in [-0.3, -0.25) is 9.59 Å². The summed E-state index contributed by atoms with van der Waals surface area (Å²) < 4.78 is 39.1. The van der Waals surface area contributed by atoms with Gasteiger partial charge in [-0.2, -0.15) is 0 Å². The highest BCUT2D eigenvalue weighted by atomic mass is 32.2. The third-order valence-corrected chi connectivity index (χ3v) is 7.99. The van der Waals surface area contributed by atoms with Gasteiger partial charge < -0.3 is 24.8 Å². The van der Waals surface area contributed by atoms with E-state index in [1.807, 2.05) is 6.07 Å². The summed E-state index contributed by atoms with van der Waals surface area (Å²) in [6.07, 6.45) is 0.450. The lowest BCUT2D eigenvalue weighted by molar-refractivity contribution is -0.142. The Morgan fingerprint density at radius 2 is 1.61 bits per heavy atom. The topological polar surface area (TPSA) is 151 Å². The minimum absolute atomic E-state index is 0.0616. The van der Waals surface area contributed by atoms with Crippen molar-refractivity contribution in [2.45, 2.75) is 70.2 Å². The van der Waals surface area contributed by atoms with Crippen molar-refractivity contribution in [1.82, 2.24) is 14.9 Å². The molecule has 2 amide bonds. The van der Waals surface area contributed by atoms with Crippen molar-refractivity contribution in [1.29, 1.82) is 0 Å². The van der Waals surface area contributed by atoms with E-state index in [-0.39, 0.29) is 18.6 Å². The van der Waals surface area contributed by atoms with Gasteiger partial charge in [-0.05, 0) is 63.3 Å². The van der Waals surface area contributed by atoms with Crippen LogP contribution in [0.1, 0.15) is 44.7 Å². The van der Waals surface area contributed by atoms with Crippen LogP contribution in [0.2, 0.25) is 0 Å². The highest BCUT2D eigenvalue weighted by Crippen LogP contribution is 2.22. The number of benzene rings is 2. The number of carbonyl (C=O) groups is 3. The number of nitrogens with one attached hydrogen (secondary N) is 2. The van der Waals surface area contributed by atoms with Crippen molar-refractivity contribution >= 4 is 28.0 Å². The van der Waals surface area contributed by atoms with Gasteiger partial charge in [0.1, 0.15) is 23.4 Å². The Morgan fingerprint density at radius 3 is 2.22 bits per heavy atom. The molecule has 3 N–H and O–H groups in total. The average molecular weight is 590 g/mol. The maximum absolute atomic E-state index is 13.7. The van der Waals surface area contributed by atoms with E-state index in [2.05, 4.69) is 10.0 Å². The highest BCUT2D eigenvalue weighted by molar-refractivity contribution is 7.89. The molecule has 224 valence electrons. The second kappa shape index (κ2) is 13.8. The molecule has 0 radical (unpaired) electrons. The predicted octanol–water partition coefficient (Wildman–Crippen LogP) is 2.52. The second-order valence-electron chi connectivity index (χ2n) is 11.1. The van der Waals surface area contributed by atoms with Gasteiger partial charge in [-0.1, -0.05) is 42.5 Å². The van der Waals surface area contributed by atoms with Crippen LogP contribution in [-0.2, 0) is 41.9 Å². The van der Waals surface area contributed by atoms with Gasteiger partial charge in [0, 0.05) is 19.0 Å². The molecule has 2 aromatic carbocycles. The van der Waals surface area contributed by atoms with Crippen molar-refractivity contribution in [2.75, 3.05) is 19.4 Å². The zero-order valence-electron chi connectivity index (χ0n) is 23.8. The molecule has 11 nitrogen and oxygen atoms in total. The average Bonchev–Trinajstić information content (AvgIpc) is 3.34. The van der Waals surface area contributed by atoms with Gasteiger partial charge in [0.05, 0.1) is 12.9 Å². The van der Waals surface area contributed by atoms with E-state index in [9.17, 15) is 27.9 Å². The first-order valence-corrected chi connectivity index (χ1v) is 15.1. The Kier molecular flexibility index (Phi) is 10.7. The number of hydrogen-bond acceptors (Lipinski definition) is 8. The number of phenols is 1. The first-order chi connectivity index (χ1) is 19.3. The number of aromatic hydroxyl groups is 1. The number of amides is 2. The Bertz CT molecular complexity index is 1290. The number of carbonyl (C=O) groups excluding carboxylic acids is 3. The lowest BCUT2D eigenvalue weighted by Crippen LogP contribution is -2.54. The molecule has 12 heteroatoms. The number of likely N-dealkylation sites (tertiary alicyclic amines) is 1. The first-order valence-electron chi connectivity index (χ1n) is 13.5. The molecule has 1 fully saturated rings. The van der Waals surface area contributed by atoms with Crippen LogP contribution in [0.4, 0.5) is 4.79 Å². The van der Waals surface area contributed by atoms with Gasteiger partial charge in [0.25, 0.3) is 0 Å². The smallest absolute Gasteiger partial charge is 0.408 e. The van der Waals surface area contributed by atoms with Crippen LogP contribution in [-0.4, -0.2) is 79.5 Å². The van der Waals surface area contributed by atoms with Crippen LogP contribution < -0.4 is 10.0 Å². The van der Waals surface area contributed by atoms with Gasteiger partial charge >= 0.3 is 12.1 Å². The summed E-state index contributed by atoms with van der Waals surface area (Å²) in [4.78, 5) is 40.2. The quantitative estimate of drug-likeness (QED) is 0.338. The molecule has 3 rings (SSSR count). The van der Waals surface area contributed by atoms with Crippen LogP contribution in [0.25, 0.3) is 0 Å². The number of nitrogens with zero attached hydrogens (tertiary/aromatic N) is 1.